The van der Waals surface area contributed by atoms with Gasteiger partial charge in [0.25, 0.3) is 5.69 Å². The van der Waals surface area contributed by atoms with E-state index in [4.69, 9.17) is 9.47 Å². The first-order valence-electron chi connectivity index (χ1n) is 6.79. The van der Waals surface area contributed by atoms with Gasteiger partial charge in [0.1, 0.15) is 0 Å². The molecule has 0 atom stereocenters. The molecular formula is C17H15NO5. The average molecular weight is 313 g/mol. The van der Waals surface area contributed by atoms with E-state index in [1.54, 1.807) is 24.3 Å². The molecule has 0 aliphatic carbocycles. The largest absolute Gasteiger partial charge is 0.493 e. The highest BCUT2D eigenvalue weighted by Gasteiger charge is 2.15. The number of hydrogen-bond acceptors (Lipinski definition) is 5. The molecule has 118 valence electrons. The number of ether oxygens (including phenoxy) is 2. The maximum absolute atomic E-state index is 12.2. The first-order chi connectivity index (χ1) is 11.0. The van der Waals surface area contributed by atoms with E-state index in [0.717, 1.165) is 5.56 Å². The first-order valence-corrected chi connectivity index (χ1v) is 6.79. The number of rotatable bonds is 6. The van der Waals surface area contributed by atoms with Gasteiger partial charge in [0.05, 0.1) is 17.6 Å². The third-order valence-corrected chi connectivity index (χ3v) is 3.10. The van der Waals surface area contributed by atoms with Gasteiger partial charge in [0, 0.05) is 12.1 Å². The van der Waals surface area contributed by atoms with Crippen molar-refractivity contribution >= 4 is 11.7 Å². The van der Waals surface area contributed by atoms with E-state index in [0.29, 0.717) is 12.2 Å². The fourth-order valence-corrected chi connectivity index (χ4v) is 2.00. The van der Waals surface area contributed by atoms with Crippen LogP contribution in [0.3, 0.4) is 0 Å². The summed E-state index contributed by atoms with van der Waals surface area (Å²) in [7, 11) is 1.47. The number of carbonyl (C=O) groups excluding carboxylic acids is 1. The number of benzene rings is 2. The van der Waals surface area contributed by atoms with Crippen LogP contribution in [0.15, 0.2) is 55.1 Å². The Kier molecular flexibility index (Phi) is 5.09. The topological polar surface area (TPSA) is 78.7 Å². The molecule has 2 rings (SSSR count). The zero-order valence-corrected chi connectivity index (χ0v) is 12.5. The molecular weight excluding hydrogens is 298 g/mol. The summed E-state index contributed by atoms with van der Waals surface area (Å²) in [6.45, 7) is 3.66. The van der Waals surface area contributed by atoms with Gasteiger partial charge in [-0.15, -0.1) is 6.58 Å². The highest BCUT2D eigenvalue weighted by Crippen LogP contribution is 2.29. The van der Waals surface area contributed by atoms with Gasteiger partial charge < -0.3 is 9.47 Å². The van der Waals surface area contributed by atoms with Crippen molar-refractivity contribution in [3.05, 3.63) is 76.4 Å². The van der Waals surface area contributed by atoms with Gasteiger partial charge in [0.2, 0.25) is 0 Å². The monoisotopic (exact) mass is 313 g/mol. The van der Waals surface area contributed by atoms with Gasteiger partial charge in [-0.05, 0) is 30.2 Å². The summed E-state index contributed by atoms with van der Waals surface area (Å²) in [4.78, 5) is 22.3. The van der Waals surface area contributed by atoms with Gasteiger partial charge >= 0.3 is 5.97 Å². The highest BCUT2D eigenvalue weighted by atomic mass is 16.6. The Morgan fingerprint density at radius 2 is 2.04 bits per heavy atom. The molecule has 0 N–H and O–H groups in total. The standard InChI is InChI=1S/C17H15NO5/c1-3-5-12-8-9-15(16(10-12)22-2)23-17(19)13-6-4-7-14(11-13)18(20)21/h3-4,6-11H,1,5H2,2H3. The molecule has 0 fully saturated rings. The Morgan fingerprint density at radius 1 is 1.26 bits per heavy atom. The Morgan fingerprint density at radius 3 is 2.70 bits per heavy atom. The Bertz CT molecular complexity index is 754. The predicted octanol–water partition coefficient (Wildman–Crippen LogP) is 3.55. The molecule has 23 heavy (non-hydrogen) atoms. The minimum absolute atomic E-state index is 0.0939. The van der Waals surface area contributed by atoms with Gasteiger partial charge in [0.15, 0.2) is 11.5 Å². The van der Waals surface area contributed by atoms with Gasteiger partial charge in [-0.25, -0.2) is 4.79 Å². The van der Waals surface area contributed by atoms with Crippen LogP contribution < -0.4 is 9.47 Å². The van der Waals surface area contributed by atoms with Crippen molar-refractivity contribution in [2.45, 2.75) is 6.42 Å². The van der Waals surface area contributed by atoms with E-state index < -0.39 is 10.9 Å². The number of nitro groups is 1. The van der Waals surface area contributed by atoms with Crippen LogP contribution in [0.1, 0.15) is 15.9 Å². The van der Waals surface area contributed by atoms with Crippen LogP contribution >= 0.6 is 0 Å². The lowest BCUT2D eigenvalue weighted by atomic mass is 10.1. The summed E-state index contributed by atoms with van der Waals surface area (Å²) in [5, 5.41) is 10.8. The summed E-state index contributed by atoms with van der Waals surface area (Å²) in [6, 6.07) is 10.5. The molecule has 0 radical (unpaired) electrons. The van der Waals surface area contributed by atoms with Crippen LogP contribution in [-0.4, -0.2) is 18.0 Å². The lowest BCUT2D eigenvalue weighted by molar-refractivity contribution is -0.384. The molecule has 2 aromatic carbocycles. The SMILES string of the molecule is C=CCc1ccc(OC(=O)c2cccc([N+](=O)[O-])c2)c(OC)c1. The summed E-state index contributed by atoms with van der Waals surface area (Å²) < 4.78 is 10.5. The van der Waals surface area contributed by atoms with Crippen molar-refractivity contribution in [2.75, 3.05) is 7.11 Å². The van der Waals surface area contributed by atoms with Crippen LogP contribution in [-0.2, 0) is 6.42 Å². The Labute approximate surface area is 133 Å². The number of non-ortho nitro benzene ring substituents is 1. The zero-order chi connectivity index (χ0) is 16.8. The first kappa shape index (κ1) is 16.2. The highest BCUT2D eigenvalue weighted by molar-refractivity contribution is 5.92. The van der Waals surface area contributed by atoms with Crippen molar-refractivity contribution in [1.82, 2.24) is 0 Å². The third kappa shape index (κ3) is 3.94. The average Bonchev–Trinajstić information content (AvgIpc) is 2.56. The second-order valence-electron chi connectivity index (χ2n) is 4.67. The molecule has 0 aliphatic rings. The molecule has 0 unspecified atom stereocenters. The Balaban J connectivity index is 2.24. The van der Waals surface area contributed by atoms with Crippen molar-refractivity contribution in [1.29, 1.82) is 0 Å². The molecule has 0 aliphatic heterocycles. The van der Waals surface area contributed by atoms with Gasteiger partial charge in [-0.3, -0.25) is 10.1 Å². The molecule has 2 aromatic rings. The number of allylic oxidation sites excluding steroid dienone is 1. The minimum atomic E-state index is -0.691. The molecule has 0 spiro atoms. The molecule has 6 heteroatoms. The summed E-state index contributed by atoms with van der Waals surface area (Å²) in [6.07, 6.45) is 2.42. The second-order valence-corrected chi connectivity index (χ2v) is 4.67. The zero-order valence-electron chi connectivity index (χ0n) is 12.5. The number of hydrogen-bond donors (Lipinski definition) is 0. The van der Waals surface area contributed by atoms with Gasteiger partial charge in [-0.2, -0.15) is 0 Å². The summed E-state index contributed by atoms with van der Waals surface area (Å²) >= 11 is 0. The number of carbonyl (C=O) groups is 1. The molecule has 0 bridgehead atoms. The van der Waals surface area contributed by atoms with Gasteiger partial charge in [-0.1, -0.05) is 18.2 Å². The van der Waals surface area contributed by atoms with Crippen molar-refractivity contribution < 1.29 is 19.2 Å². The van der Waals surface area contributed by atoms with E-state index >= 15 is 0 Å². The van der Waals surface area contributed by atoms with E-state index in [9.17, 15) is 14.9 Å². The van der Waals surface area contributed by atoms with E-state index in [1.807, 2.05) is 0 Å². The third-order valence-electron chi connectivity index (χ3n) is 3.10. The van der Waals surface area contributed by atoms with Crippen LogP contribution in [0.5, 0.6) is 11.5 Å². The predicted molar refractivity (Wildman–Crippen MR) is 84.9 cm³/mol. The molecule has 0 saturated heterocycles. The normalized spacial score (nSPS) is 9.96. The molecule has 0 heterocycles. The number of esters is 1. The fraction of sp³-hybridized carbons (Fsp3) is 0.118. The minimum Gasteiger partial charge on any atom is -0.493 e. The Hall–Kier alpha value is -3.15. The lowest BCUT2D eigenvalue weighted by Gasteiger charge is -2.10. The van der Waals surface area contributed by atoms with Crippen LogP contribution in [0, 0.1) is 10.1 Å². The molecule has 6 nitrogen and oxygen atoms in total. The van der Waals surface area contributed by atoms with Crippen molar-refractivity contribution in [3.8, 4) is 11.5 Å². The van der Waals surface area contributed by atoms with Crippen LogP contribution in [0.4, 0.5) is 5.69 Å². The van der Waals surface area contributed by atoms with Crippen LogP contribution in [0.25, 0.3) is 0 Å². The summed E-state index contributed by atoms with van der Waals surface area (Å²) in [5.41, 5.74) is 0.885. The molecule has 0 aromatic heterocycles. The quantitative estimate of drug-likeness (QED) is 0.268. The maximum Gasteiger partial charge on any atom is 0.343 e. The maximum atomic E-state index is 12.2. The smallest absolute Gasteiger partial charge is 0.343 e. The van der Waals surface area contributed by atoms with E-state index in [-0.39, 0.29) is 17.0 Å². The van der Waals surface area contributed by atoms with Crippen molar-refractivity contribution in [3.63, 3.8) is 0 Å². The molecule has 0 saturated carbocycles. The molecule has 0 amide bonds. The number of methoxy groups -OCH3 is 1. The van der Waals surface area contributed by atoms with Crippen molar-refractivity contribution in [2.24, 2.45) is 0 Å². The van der Waals surface area contributed by atoms with E-state index in [2.05, 4.69) is 6.58 Å². The van der Waals surface area contributed by atoms with Crippen LogP contribution in [0.2, 0.25) is 0 Å². The lowest BCUT2D eigenvalue weighted by Crippen LogP contribution is -2.09. The summed E-state index contributed by atoms with van der Waals surface area (Å²) in [5.74, 6) is -0.0385. The second kappa shape index (κ2) is 7.22. The van der Waals surface area contributed by atoms with E-state index in [1.165, 1.54) is 31.4 Å². The number of nitrogens with zero attached hydrogens (tertiary/aromatic N) is 1. The fourth-order valence-electron chi connectivity index (χ4n) is 2.00. The number of nitro benzene ring substituents is 1.